The molecule has 1 aromatic rings. The Morgan fingerprint density at radius 3 is 2.71 bits per heavy atom. The van der Waals surface area contributed by atoms with Crippen LogP contribution in [0.2, 0.25) is 5.28 Å². The molecule has 17 heavy (non-hydrogen) atoms. The number of likely N-dealkylation sites (N-methyl/N-ethyl adjacent to an activating group) is 1. The first-order chi connectivity index (χ1) is 7.88. The monoisotopic (exact) mass is 256 g/mol. The van der Waals surface area contributed by atoms with Crippen LogP contribution in [-0.2, 0) is 4.79 Å². The number of hydrogen-bond donors (Lipinski definition) is 1. The molecule has 0 unspecified atom stereocenters. The van der Waals surface area contributed by atoms with Gasteiger partial charge >= 0.3 is 0 Å². The van der Waals surface area contributed by atoms with Crippen molar-refractivity contribution in [3.8, 4) is 0 Å². The van der Waals surface area contributed by atoms with E-state index in [9.17, 15) is 4.79 Å². The zero-order valence-corrected chi connectivity index (χ0v) is 11.2. The molecule has 6 heteroatoms. The summed E-state index contributed by atoms with van der Waals surface area (Å²) < 4.78 is 0. The molecule has 0 aliphatic carbocycles. The zero-order chi connectivity index (χ0) is 13.0. The van der Waals surface area contributed by atoms with Crippen LogP contribution < -0.4 is 10.2 Å². The van der Waals surface area contributed by atoms with E-state index in [4.69, 9.17) is 11.6 Å². The summed E-state index contributed by atoms with van der Waals surface area (Å²) in [6.45, 7) is 5.91. The van der Waals surface area contributed by atoms with Gasteiger partial charge in [0.25, 0.3) is 0 Å². The number of aryl methyl sites for hydroxylation is 1. The third kappa shape index (κ3) is 4.56. The molecule has 0 aliphatic heterocycles. The number of rotatable bonds is 4. The van der Waals surface area contributed by atoms with Crippen LogP contribution in [0.25, 0.3) is 0 Å². The van der Waals surface area contributed by atoms with E-state index in [1.54, 1.807) is 18.0 Å². The molecule has 0 bridgehead atoms. The second kappa shape index (κ2) is 5.82. The lowest BCUT2D eigenvalue weighted by atomic mass is 10.3. The third-order valence-corrected chi connectivity index (χ3v) is 2.20. The molecule has 1 amide bonds. The smallest absolute Gasteiger partial charge is 0.239 e. The number of hydrogen-bond acceptors (Lipinski definition) is 4. The Morgan fingerprint density at radius 2 is 2.18 bits per heavy atom. The van der Waals surface area contributed by atoms with Crippen LogP contribution in [0.3, 0.4) is 0 Å². The van der Waals surface area contributed by atoms with Crippen molar-refractivity contribution in [3.63, 3.8) is 0 Å². The maximum absolute atomic E-state index is 11.6. The van der Waals surface area contributed by atoms with Crippen molar-refractivity contribution in [1.29, 1.82) is 0 Å². The first kappa shape index (κ1) is 13.7. The summed E-state index contributed by atoms with van der Waals surface area (Å²) in [5, 5.41) is 3.01. The van der Waals surface area contributed by atoms with Gasteiger partial charge in [0, 0.05) is 24.8 Å². The van der Waals surface area contributed by atoms with Crippen LogP contribution in [0.1, 0.15) is 19.5 Å². The van der Waals surface area contributed by atoms with Gasteiger partial charge in [-0.1, -0.05) is 0 Å². The van der Waals surface area contributed by atoms with Gasteiger partial charge in [-0.3, -0.25) is 4.79 Å². The van der Waals surface area contributed by atoms with Crippen LogP contribution in [0, 0.1) is 6.92 Å². The standard InChI is InChI=1S/C11H17ClN4O/c1-7(2)13-10(17)6-16(4)9-5-8(3)14-11(12)15-9/h5,7H,6H2,1-4H3,(H,13,17). The summed E-state index contributed by atoms with van der Waals surface area (Å²) >= 11 is 5.77. The van der Waals surface area contributed by atoms with Gasteiger partial charge in [0.1, 0.15) is 5.82 Å². The Balaban J connectivity index is 2.69. The van der Waals surface area contributed by atoms with E-state index in [1.807, 2.05) is 20.8 Å². The molecule has 1 aromatic heterocycles. The normalized spacial score (nSPS) is 10.5. The predicted molar refractivity (Wildman–Crippen MR) is 68.3 cm³/mol. The van der Waals surface area contributed by atoms with E-state index in [1.165, 1.54) is 0 Å². The fourth-order valence-electron chi connectivity index (χ4n) is 1.38. The van der Waals surface area contributed by atoms with E-state index in [-0.39, 0.29) is 23.8 Å². The fraction of sp³-hybridized carbons (Fsp3) is 0.545. The van der Waals surface area contributed by atoms with Crippen molar-refractivity contribution in [2.45, 2.75) is 26.8 Å². The van der Waals surface area contributed by atoms with Gasteiger partial charge in [0.05, 0.1) is 6.54 Å². The van der Waals surface area contributed by atoms with Crippen molar-refractivity contribution < 1.29 is 4.79 Å². The van der Waals surface area contributed by atoms with E-state index >= 15 is 0 Å². The van der Waals surface area contributed by atoms with E-state index in [0.717, 1.165) is 5.69 Å². The van der Waals surface area contributed by atoms with Gasteiger partial charge < -0.3 is 10.2 Å². The van der Waals surface area contributed by atoms with Gasteiger partial charge in [-0.2, -0.15) is 0 Å². The van der Waals surface area contributed by atoms with Gasteiger partial charge in [-0.25, -0.2) is 9.97 Å². The number of carbonyl (C=O) groups is 1. The average molecular weight is 257 g/mol. The highest BCUT2D eigenvalue weighted by Gasteiger charge is 2.10. The summed E-state index contributed by atoms with van der Waals surface area (Å²) in [5.41, 5.74) is 0.774. The minimum Gasteiger partial charge on any atom is -0.352 e. The lowest BCUT2D eigenvalue weighted by molar-refractivity contribution is -0.120. The highest BCUT2D eigenvalue weighted by Crippen LogP contribution is 2.13. The molecule has 94 valence electrons. The molecule has 1 rings (SSSR count). The van der Waals surface area contributed by atoms with Gasteiger partial charge in [-0.05, 0) is 32.4 Å². The lowest BCUT2D eigenvalue weighted by Gasteiger charge is -2.18. The largest absolute Gasteiger partial charge is 0.352 e. The van der Waals surface area contributed by atoms with Gasteiger partial charge in [-0.15, -0.1) is 0 Å². The van der Waals surface area contributed by atoms with Crippen molar-refractivity contribution in [2.24, 2.45) is 0 Å². The molecule has 0 fully saturated rings. The van der Waals surface area contributed by atoms with Crippen molar-refractivity contribution in [2.75, 3.05) is 18.5 Å². The topological polar surface area (TPSA) is 58.1 Å². The number of amides is 1. The van der Waals surface area contributed by atoms with Crippen LogP contribution in [0.5, 0.6) is 0 Å². The second-order valence-corrected chi connectivity index (χ2v) is 4.55. The second-order valence-electron chi connectivity index (χ2n) is 4.21. The number of aromatic nitrogens is 2. The molecular formula is C11H17ClN4O. The number of carbonyl (C=O) groups excluding carboxylic acids is 1. The van der Waals surface area contributed by atoms with Crippen molar-refractivity contribution >= 4 is 23.3 Å². The first-order valence-corrected chi connectivity index (χ1v) is 5.78. The molecule has 0 spiro atoms. The fourth-order valence-corrected chi connectivity index (χ4v) is 1.60. The molecule has 0 aromatic carbocycles. The average Bonchev–Trinajstić information content (AvgIpc) is 2.14. The Labute approximate surface area is 106 Å². The molecule has 0 saturated heterocycles. The molecule has 0 atom stereocenters. The number of nitrogens with one attached hydrogen (secondary N) is 1. The summed E-state index contributed by atoms with van der Waals surface area (Å²) in [6.07, 6.45) is 0. The van der Waals surface area contributed by atoms with Gasteiger partial charge in [0.2, 0.25) is 11.2 Å². The Hall–Kier alpha value is -1.36. The highest BCUT2D eigenvalue weighted by molar-refractivity contribution is 6.28. The van der Waals surface area contributed by atoms with Crippen LogP contribution in [0.4, 0.5) is 5.82 Å². The van der Waals surface area contributed by atoms with E-state index in [0.29, 0.717) is 5.82 Å². The predicted octanol–water partition coefficient (Wildman–Crippen LogP) is 1.40. The van der Waals surface area contributed by atoms with Crippen molar-refractivity contribution in [3.05, 3.63) is 17.0 Å². The zero-order valence-electron chi connectivity index (χ0n) is 10.5. The van der Waals surface area contributed by atoms with Crippen LogP contribution in [-0.4, -0.2) is 35.5 Å². The minimum atomic E-state index is -0.0464. The summed E-state index contributed by atoms with van der Waals surface area (Å²) in [7, 11) is 1.79. The van der Waals surface area contributed by atoms with E-state index in [2.05, 4.69) is 15.3 Å². The summed E-state index contributed by atoms with van der Waals surface area (Å²) in [5.74, 6) is 0.594. The molecular weight excluding hydrogens is 240 g/mol. The van der Waals surface area contributed by atoms with Crippen LogP contribution in [0.15, 0.2) is 6.07 Å². The quantitative estimate of drug-likeness (QED) is 0.828. The SMILES string of the molecule is Cc1cc(N(C)CC(=O)NC(C)C)nc(Cl)n1. The Kier molecular flexibility index (Phi) is 4.69. The number of halogens is 1. The lowest BCUT2D eigenvalue weighted by Crippen LogP contribution is -2.38. The first-order valence-electron chi connectivity index (χ1n) is 5.40. The number of anilines is 1. The molecule has 5 nitrogen and oxygen atoms in total. The van der Waals surface area contributed by atoms with Gasteiger partial charge in [0.15, 0.2) is 0 Å². The summed E-state index contributed by atoms with van der Waals surface area (Å²) in [4.78, 5) is 21.3. The Morgan fingerprint density at radius 1 is 1.53 bits per heavy atom. The summed E-state index contributed by atoms with van der Waals surface area (Å²) in [6, 6.07) is 1.92. The Bertz CT molecular complexity index is 388. The number of nitrogens with zero attached hydrogens (tertiary/aromatic N) is 3. The van der Waals surface area contributed by atoms with Crippen LogP contribution >= 0.6 is 11.6 Å². The maximum Gasteiger partial charge on any atom is 0.239 e. The highest BCUT2D eigenvalue weighted by atomic mass is 35.5. The maximum atomic E-state index is 11.6. The molecule has 1 N–H and O–H groups in total. The minimum absolute atomic E-state index is 0.0464. The molecule has 1 heterocycles. The van der Waals surface area contributed by atoms with E-state index < -0.39 is 0 Å². The van der Waals surface area contributed by atoms with Crippen molar-refractivity contribution in [1.82, 2.24) is 15.3 Å². The molecule has 0 aliphatic rings. The molecule has 0 radical (unpaired) electrons. The molecule has 0 saturated carbocycles. The third-order valence-electron chi connectivity index (χ3n) is 2.03.